The second-order valence-electron chi connectivity index (χ2n) is 16.5. The summed E-state index contributed by atoms with van der Waals surface area (Å²) in [6.45, 7) is 3.46. The van der Waals surface area contributed by atoms with Crippen LogP contribution in [0.25, 0.3) is 0 Å². The molecule has 11 unspecified atom stereocenters. The third kappa shape index (κ3) is 25.3. The van der Waals surface area contributed by atoms with E-state index in [-0.39, 0.29) is 19.6 Å². The van der Waals surface area contributed by atoms with Gasteiger partial charge in [0.25, 0.3) is 0 Å². The van der Waals surface area contributed by atoms with E-state index in [0.29, 0.717) is 13.0 Å². The molecule has 11 atom stereocenters. The first-order valence-electron chi connectivity index (χ1n) is 23.9. The summed E-state index contributed by atoms with van der Waals surface area (Å²) in [5.41, 5.74) is 0. The van der Waals surface area contributed by atoms with Crippen LogP contribution >= 0.6 is 0 Å². The summed E-state index contributed by atoms with van der Waals surface area (Å²) in [5, 5.41) is 72.0. The highest BCUT2D eigenvalue weighted by atomic mass is 16.7. The molecule has 2 heterocycles. The average Bonchev–Trinajstić information content (AvgIpc) is 3.28. The number of unbranched alkanes of at least 4 members (excludes halogenated alkanes) is 12. The second-order valence-corrected chi connectivity index (χ2v) is 16.5. The van der Waals surface area contributed by atoms with Crippen molar-refractivity contribution in [3.05, 3.63) is 60.8 Å². The maximum atomic E-state index is 12.9. The minimum atomic E-state index is -1.72. The minimum absolute atomic E-state index is 0.0378. The SMILES string of the molecule is CC/C=C\C/C=C\C/C=C\C/C=C\CCCCC(=O)OC(COCCCCCCCC/C=C\CCCCCC)COC1OC(COC2OC(CO)C(O)C(O)C2O)C(O)C(O)C1O. The lowest BCUT2D eigenvalue weighted by atomic mass is 9.98. The van der Waals surface area contributed by atoms with Crippen LogP contribution in [0.5, 0.6) is 0 Å². The van der Waals surface area contributed by atoms with Crippen molar-refractivity contribution in [3.8, 4) is 0 Å². The lowest BCUT2D eigenvalue weighted by Crippen LogP contribution is -2.61. The van der Waals surface area contributed by atoms with Crippen LogP contribution in [0.15, 0.2) is 60.8 Å². The van der Waals surface area contributed by atoms with Crippen LogP contribution in [-0.4, -0.2) is 142 Å². The first kappa shape index (κ1) is 56.8. The quantitative estimate of drug-likeness (QED) is 0.0213. The Morgan fingerprint density at radius 3 is 1.63 bits per heavy atom. The number of rotatable bonds is 36. The number of allylic oxidation sites excluding steroid dienone is 10. The van der Waals surface area contributed by atoms with E-state index in [9.17, 15) is 40.5 Å². The summed E-state index contributed by atoms with van der Waals surface area (Å²) in [6, 6.07) is 0. The maximum Gasteiger partial charge on any atom is 0.306 e. The highest BCUT2D eigenvalue weighted by Gasteiger charge is 2.47. The number of aliphatic hydroxyl groups excluding tert-OH is 7. The Hall–Kier alpha value is -2.31. The molecule has 0 aromatic carbocycles. The van der Waals surface area contributed by atoms with Crippen LogP contribution in [0.3, 0.4) is 0 Å². The van der Waals surface area contributed by atoms with Gasteiger partial charge < -0.3 is 64.2 Å². The molecule has 2 rings (SSSR count). The van der Waals surface area contributed by atoms with Gasteiger partial charge in [0.15, 0.2) is 12.6 Å². The number of ether oxygens (including phenoxy) is 6. The average molecular weight is 897 g/mol. The topological polar surface area (TPSA) is 214 Å². The van der Waals surface area contributed by atoms with E-state index in [1.54, 1.807) is 0 Å². The van der Waals surface area contributed by atoms with E-state index >= 15 is 0 Å². The van der Waals surface area contributed by atoms with Crippen LogP contribution in [0.4, 0.5) is 0 Å². The van der Waals surface area contributed by atoms with E-state index in [0.717, 1.165) is 64.2 Å². The minimum Gasteiger partial charge on any atom is -0.457 e. The molecular weight excluding hydrogens is 813 g/mol. The summed E-state index contributed by atoms with van der Waals surface area (Å²) in [7, 11) is 0. The van der Waals surface area contributed by atoms with Gasteiger partial charge in [0, 0.05) is 13.0 Å². The highest BCUT2D eigenvalue weighted by molar-refractivity contribution is 5.69. The van der Waals surface area contributed by atoms with Crippen molar-refractivity contribution in [1.82, 2.24) is 0 Å². The van der Waals surface area contributed by atoms with Crippen molar-refractivity contribution in [2.75, 3.05) is 33.0 Å². The molecule has 2 aliphatic heterocycles. The summed E-state index contributed by atoms with van der Waals surface area (Å²) >= 11 is 0. The van der Waals surface area contributed by atoms with Crippen molar-refractivity contribution < 1.29 is 69.0 Å². The van der Waals surface area contributed by atoms with Gasteiger partial charge in [-0.3, -0.25) is 4.79 Å². The molecule has 2 saturated heterocycles. The van der Waals surface area contributed by atoms with Crippen LogP contribution in [0, 0.1) is 0 Å². The zero-order valence-electron chi connectivity index (χ0n) is 38.3. The third-order valence-electron chi connectivity index (χ3n) is 11.0. The zero-order valence-corrected chi connectivity index (χ0v) is 38.3. The van der Waals surface area contributed by atoms with E-state index in [2.05, 4.69) is 74.6 Å². The van der Waals surface area contributed by atoms with Crippen molar-refractivity contribution >= 4 is 5.97 Å². The van der Waals surface area contributed by atoms with Crippen LogP contribution in [0.1, 0.15) is 142 Å². The fourth-order valence-corrected chi connectivity index (χ4v) is 7.09. The van der Waals surface area contributed by atoms with Gasteiger partial charge in [-0.2, -0.15) is 0 Å². The Bertz CT molecular complexity index is 1270. The Balaban J connectivity index is 1.83. The van der Waals surface area contributed by atoms with Gasteiger partial charge >= 0.3 is 5.97 Å². The molecule has 0 aromatic heterocycles. The molecule has 0 bridgehead atoms. The lowest BCUT2D eigenvalue weighted by molar-refractivity contribution is -0.332. The molecule has 0 amide bonds. The molecule has 0 radical (unpaired) electrons. The van der Waals surface area contributed by atoms with Gasteiger partial charge in [-0.15, -0.1) is 0 Å². The number of carbonyl (C=O) groups is 1. The number of hydrogen-bond acceptors (Lipinski definition) is 14. The predicted octanol–water partition coefficient (Wildman–Crippen LogP) is 6.18. The summed E-state index contributed by atoms with van der Waals surface area (Å²) in [4.78, 5) is 12.9. The lowest BCUT2D eigenvalue weighted by Gasteiger charge is -2.42. The van der Waals surface area contributed by atoms with Gasteiger partial charge in [0.05, 0.1) is 26.4 Å². The number of esters is 1. The Morgan fingerprint density at radius 2 is 1.03 bits per heavy atom. The molecule has 0 spiro atoms. The van der Waals surface area contributed by atoms with Crippen molar-refractivity contribution in [1.29, 1.82) is 0 Å². The summed E-state index contributed by atoms with van der Waals surface area (Å²) in [6.07, 6.45) is 25.7. The Labute approximate surface area is 377 Å². The molecule has 364 valence electrons. The summed E-state index contributed by atoms with van der Waals surface area (Å²) in [5.74, 6) is -0.421. The molecule has 7 N–H and O–H groups in total. The molecule has 14 nitrogen and oxygen atoms in total. The highest BCUT2D eigenvalue weighted by Crippen LogP contribution is 2.26. The molecule has 0 aliphatic carbocycles. The molecule has 14 heteroatoms. The van der Waals surface area contributed by atoms with Crippen LogP contribution < -0.4 is 0 Å². The van der Waals surface area contributed by atoms with E-state index in [1.807, 2.05) is 0 Å². The fraction of sp³-hybridized carbons (Fsp3) is 0.776. The van der Waals surface area contributed by atoms with Gasteiger partial charge in [-0.1, -0.05) is 120 Å². The molecule has 0 saturated carbocycles. The number of aliphatic hydroxyl groups is 7. The smallest absolute Gasteiger partial charge is 0.306 e. The monoisotopic (exact) mass is 897 g/mol. The fourth-order valence-electron chi connectivity index (χ4n) is 7.09. The molecule has 0 aromatic rings. The van der Waals surface area contributed by atoms with E-state index in [4.69, 9.17) is 28.4 Å². The number of carbonyl (C=O) groups excluding carboxylic acids is 1. The van der Waals surface area contributed by atoms with Gasteiger partial charge in [-0.05, 0) is 77.0 Å². The first-order valence-corrected chi connectivity index (χ1v) is 23.9. The van der Waals surface area contributed by atoms with E-state index < -0.39 is 86.7 Å². The Morgan fingerprint density at radius 1 is 0.540 bits per heavy atom. The van der Waals surface area contributed by atoms with Crippen LogP contribution in [0.2, 0.25) is 0 Å². The van der Waals surface area contributed by atoms with Gasteiger partial charge in [-0.25, -0.2) is 0 Å². The molecule has 2 fully saturated rings. The van der Waals surface area contributed by atoms with Crippen molar-refractivity contribution in [2.45, 2.75) is 210 Å². The van der Waals surface area contributed by atoms with Gasteiger partial charge in [0.2, 0.25) is 0 Å². The molecule has 63 heavy (non-hydrogen) atoms. The Kier molecular flexibility index (Phi) is 33.2. The standard InChI is InChI=1S/C49H84O14/c1-3-5-7-9-11-13-15-17-19-20-22-24-26-28-30-32-41(51)61-38(35-58-33-31-29-27-25-23-21-18-16-14-12-10-8-6-4-2)36-59-48-47(57)45(55)43(53)40(63-48)37-60-49-46(56)44(54)42(52)39(34-50)62-49/h5,7,11,13-14,16-17,19,22,24,38-40,42-50,52-57H,3-4,6,8-10,12,15,18,20-21,23,25-37H2,1-2H3/b7-5-,13-11-,16-14-,19-17-,24-22-. The second kappa shape index (κ2) is 36.9. The largest absolute Gasteiger partial charge is 0.457 e. The molecule has 2 aliphatic rings. The third-order valence-corrected chi connectivity index (χ3v) is 11.0. The maximum absolute atomic E-state index is 12.9. The summed E-state index contributed by atoms with van der Waals surface area (Å²) < 4.78 is 34.1. The normalized spacial score (nSPS) is 27.5. The predicted molar refractivity (Wildman–Crippen MR) is 242 cm³/mol. The van der Waals surface area contributed by atoms with Crippen LogP contribution in [-0.2, 0) is 33.2 Å². The number of hydrogen-bond donors (Lipinski definition) is 7. The molecular formula is C49H84O14. The first-order chi connectivity index (χ1) is 30.6. The van der Waals surface area contributed by atoms with Crippen molar-refractivity contribution in [2.24, 2.45) is 0 Å². The van der Waals surface area contributed by atoms with Crippen molar-refractivity contribution in [3.63, 3.8) is 0 Å². The van der Waals surface area contributed by atoms with Gasteiger partial charge in [0.1, 0.15) is 54.9 Å². The zero-order chi connectivity index (χ0) is 45.9. The van der Waals surface area contributed by atoms with E-state index in [1.165, 1.54) is 51.4 Å².